The van der Waals surface area contributed by atoms with Crippen LogP contribution < -0.4 is 0 Å². The summed E-state index contributed by atoms with van der Waals surface area (Å²) in [6, 6.07) is 7.32. The van der Waals surface area contributed by atoms with Gasteiger partial charge in [-0.15, -0.1) is 0 Å². The molecule has 2 rings (SSSR count). The molecule has 0 unspecified atom stereocenters. The van der Waals surface area contributed by atoms with Crippen molar-refractivity contribution in [3.05, 3.63) is 35.6 Å². The van der Waals surface area contributed by atoms with Gasteiger partial charge in [-0.3, -0.25) is 0 Å². The van der Waals surface area contributed by atoms with Crippen LogP contribution in [0.15, 0.2) is 18.2 Å². The first-order valence-electron chi connectivity index (χ1n) is 3.15. The van der Waals surface area contributed by atoms with Gasteiger partial charge in [0.1, 0.15) is 11.9 Å². The first kappa shape index (κ1) is 5.86. The maximum absolute atomic E-state index is 12.5. The lowest BCUT2D eigenvalue weighted by Gasteiger charge is -1.92. The molecule has 1 aromatic rings. The Balaban J connectivity index is 2.32. The number of hydrogen-bond acceptors (Lipinski definition) is 1. The maximum Gasteiger partial charge on any atom is 0.123 e. The summed E-state index contributed by atoms with van der Waals surface area (Å²) in [5.74, 6) is -0.218. The number of benzene rings is 1. The summed E-state index contributed by atoms with van der Waals surface area (Å²) < 4.78 is 17.4. The van der Waals surface area contributed by atoms with Gasteiger partial charge < -0.3 is 4.74 Å². The molecule has 1 aliphatic heterocycles. The molecule has 1 radical (unpaired) electrons. The fourth-order valence-corrected chi connectivity index (χ4v) is 0.869. The molecule has 0 saturated carbocycles. The quantitative estimate of drug-likeness (QED) is 0.536. The fraction of sp³-hybridized carbons (Fsp3) is 0.250. The average molecular weight is 137 g/mol. The predicted molar refractivity (Wildman–Crippen MR) is 33.9 cm³/mol. The van der Waals surface area contributed by atoms with Crippen LogP contribution in [0.25, 0.3) is 0 Å². The largest absolute Gasteiger partial charge is 0.368 e. The summed E-state index contributed by atoms with van der Waals surface area (Å²) in [6.45, 7) is 0.708. The minimum Gasteiger partial charge on any atom is -0.368 e. The highest BCUT2D eigenvalue weighted by molar-refractivity contribution is 5.19. The second kappa shape index (κ2) is 2.06. The minimum atomic E-state index is -0.218. The Morgan fingerprint density at radius 3 is 3.10 bits per heavy atom. The van der Waals surface area contributed by atoms with E-state index in [9.17, 15) is 4.39 Å². The molecule has 0 spiro atoms. The smallest absolute Gasteiger partial charge is 0.123 e. The summed E-state index contributed by atoms with van der Waals surface area (Å²) in [7, 11) is 0. The predicted octanol–water partition coefficient (Wildman–Crippen LogP) is 1.70. The molecule has 0 N–H and O–H groups in total. The molecule has 2 heteroatoms. The van der Waals surface area contributed by atoms with E-state index in [1.165, 1.54) is 12.1 Å². The zero-order valence-corrected chi connectivity index (χ0v) is 5.30. The number of ether oxygens (including phenoxy) is 1. The fourth-order valence-electron chi connectivity index (χ4n) is 0.869. The highest BCUT2D eigenvalue weighted by Gasteiger charge is 2.24. The lowest BCUT2D eigenvalue weighted by molar-refractivity contribution is 0.414. The third-order valence-corrected chi connectivity index (χ3v) is 1.47. The summed E-state index contributed by atoms with van der Waals surface area (Å²) >= 11 is 0. The van der Waals surface area contributed by atoms with E-state index < -0.39 is 0 Å². The molecule has 0 aliphatic carbocycles. The van der Waals surface area contributed by atoms with Crippen LogP contribution in [-0.2, 0) is 4.74 Å². The van der Waals surface area contributed by atoms with E-state index in [-0.39, 0.29) is 11.9 Å². The molecular formula is C8H6FO. The van der Waals surface area contributed by atoms with E-state index in [0.29, 0.717) is 6.61 Å². The second-order valence-corrected chi connectivity index (χ2v) is 2.28. The number of epoxide rings is 1. The van der Waals surface area contributed by atoms with Gasteiger partial charge in [0.05, 0.1) is 6.61 Å². The molecule has 1 nitrogen and oxygen atoms in total. The highest BCUT2D eigenvalue weighted by atomic mass is 19.1. The molecule has 10 heavy (non-hydrogen) atoms. The van der Waals surface area contributed by atoms with E-state index in [1.807, 2.05) is 0 Å². The van der Waals surface area contributed by atoms with Crippen molar-refractivity contribution in [1.82, 2.24) is 0 Å². The molecule has 51 valence electrons. The van der Waals surface area contributed by atoms with Crippen LogP contribution in [0.4, 0.5) is 4.39 Å². The first-order chi connectivity index (χ1) is 4.86. The van der Waals surface area contributed by atoms with E-state index >= 15 is 0 Å². The van der Waals surface area contributed by atoms with E-state index in [0.717, 1.165) is 5.56 Å². The first-order valence-corrected chi connectivity index (χ1v) is 3.15. The van der Waals surface area contributed by atoms with Crippen molar-refractivity contribution in [1.29, 1.82) is 0 Å². The topological polar surface area (TPSA) is 12.5 Å². The minimum absolute atomic E-state index is 0.107. The van der Waals surface area contributed by atoms with Gasteiger partial charge in [0.25, 0.3) is 0 Å². The third-order valence-electron chi connectivity index (χ3n) is 1.47. The second-order valence-electron chi connectivity index (χ2n) is 2.28. The van der Waals surface area contributed by atoms with Crippen LogP contribution in [0.1, 0.15) is 11.7 Å². The van der Waals surface area contributed by atoms with Gasteiger partial charge in [0.15, 0.2) is 0 Å². The van der Waals surface area contributed by atoms with Gasteiger partial charge in [-0.1, -0.05) is 6.07 Å². The van der Waals surface area contributed by atoms with Crippen LogP contribution in [0, 0.1) is 11.9 Å². The van der Waals surface area contributed by atoms with Gasteiger partial charge in [-0.05, 0) is 23.8 Å². The van der Waals surface area contributed by atoms with Crippen LogP contribution in [0.3, 0.4) is 0 Å². The summed E-state index contributed by atoms with van der Waals surface area (Å²) in [4.78, 5) is 0. The normalized spacial score (nSPS) is 22.7. The lowest BCUT2D eigenvalue weighted by atomic mass is 10.2. The number of halogens is 1. The van der Waals surface area contributed by atoms with Crippen LogP contribution >= 0.6 is 0 Å². The Kier molecular flexibility index (Phi) is 1.21. The van der Waals surface area contributed by atoms with Crippen molar-refractivity contribution in [2.24, 2.45) is 0 Å². The lowest BCUT2D eigenvalue weighted by Crippen LogP contribution is -1.81. The summed E-state index contributed by atoms with van der Waals surface area (Å²) in [5.41, 5.74) is 0.819. The number of rotatable bonds is 1. The Morgan fingerprint density at radius 1 is 1.70 bits per heavy atom. The average Bonchev–Trinajstić information content (AvgIpc) is 2.68. The van der Waals surface area contributed by atoms with Crippen molar-refractivity contribution in [3.8, 4) is 0 Å². The van der Waals surface area contributed by atoms with E-state index in [1.54, 1.807) is 6.07 Å². The van der Waals surface area contributed by atoms with Gasteiger partial charge in [-0.2, -0.15) is 0 Å². The highest BCUT2D eigenvalue weighted by Crippen LogP contribution is 2.29. The van der Waals surface area contributed by atoms with Crippen LogP contribution in [0.2, 0.25) is 0 Å². The SMILES string of the molecule is Fc1cc[c]c([C@@H]2CO2)c1. The van der Waals surface area contributed by atoms with Crippen molar-refractivity contribution in [2.75, 3.05) is 6.61 Å². The van der Waals surface area contributed by atoms with Crippen molar-refractivity contribution >= 4 is 0 Å². The molecule has 1 aromatic carbocycles. The van der Waals surface area contributed by atoms with E-state index in [2.05, 4.69) is 6.07 Å². The molecule has 1 heterocycles. The third kappa shape index (κ3) is 1.02. The van der Waals surface area contributed by atoms with Crippen LogP contribution in [-0.4, -0.2) is 6.61 Å². The Labute approximate surface area is 58.4 Å². The van der Waals surface area contributed by atoms with E-state index in [4.69, 9.17) is 4.74 Å². The molecule has 1 aliphatic rings. The summed E-state index contributed by atoms with van der Waals surface area (Å²) in [6.07, 6.45) is 0.107. The maximum atomic E-state index is 12.5. The van der Waals surface area contributed by atoms with Crippen LogP contribution in [0.5, 0.6) is 0 Å². The van der Waals surface area contributed by atoms with Crippen molar-refractivity contribution in [2.45, 2.75) is 6.10 Å². The molecule has 1 atom stereocenters. The zero-order valence-electron chi connectivity index (χ0n) is 5.30. The monoisotopic (exact) mass is 137 g/mol. The molecule has 1 saturated heterocycles. The Morgan fingerprint density at radius 2 is 2.50 bits per heavy atom. The summed E-state index contributed by atoms with van der Waals surface area (Å²) in [5, 5.41) is 0. The van der Waals surface area contributed by atoms with Gasteiger partial charge in [0, 0.05) is 0 Å². The molecule has 0 aromatic heterocycles. The van der Waals surface area contributed by atoms with Crippen molar-refractivity contribution in [3.63, 3.8) is 0 Å². The van der Waals surface area contributed by atoms with Crippen molar-refractivity contribution < 1.29 is 9.13 Å². The Bertz CT molecular complexity index is 243. The molecular weight excluding hydrogens is 131 g/mol. The molecule has 1 fully saturated rings. The molecule has 0 bridgehead atoms. The number of hydrogen-bond donors (Lipinski definition) is 0. The van der Waals surface area contributed by atoms with Gasteiger partial charge in [0.2, 0.25) is 0 Å². The standard InChI is InChI=1S/C8H6FO/c9-7-3-1-2-6(4-7)8-5-10-8/h1,3-4,8H,5H2/t8-/m0/s1. The van der Waals surface area contributed by atoms with Gasteiger partial charge >= 0.3 is 0 Å². The molecule has 0 amide bonds. The zero-order chi connectivity index (χ0) is 6.97. The van der Waals surface area contributed by atoms with Gasteiger partial charge in [-0.25, -0.2) is 4.39 Å². The Hall–Kier alpha value is -0.890.